The Bertz CT molecular complexity index is 869. The monoisotopic (exact) mass is 462 g/mol. The zero-order valence-corrected chi connectivity index (χ0v) is 20.1. The molecule has 0 aliphatic carbocycles. The highest BCUT2D eigenvalue weighted by atomic mass is 19.2. The lowest BCUT2D eigenvalue weighted by molar-refractivity contribution is -0.147. The summed E-state index contributed by atoms with van der Waals surface area (Å²) in [5, 5.41) is 6.04. The number of carbonyl (C=O) groups is 1. The summed E-state index contributed by atoms with van der Waals surface area (Å²) in [5.74, 6) is -2.55. The first kappa shape index (κ1) is 26.5. The van der Waals surface area contributed by atoms with Crippen LogP contribution in [0.2, 0.25) is 0 Å². The van der Waals surface area contributed by atoms with E-state index >= 15 is 0 Å². The van der Waals surface area contributed by atoms with E-state index in [1.54, 1.807) is 56.6 Å². The molecule has 0 spiro atoms. The van der Waals surface area contributed by atoms with E-state index in [4.69, 9.17) is 10.5 Å². The molecule has 0 saturated carbocycles. The molecule has 0 bridgehead atoms. The zero-order valence-electron chi connectivity index (χ0n) is 20.1. The summed E-state index contributed by atoms with van der Waals surface area (Å²) >= 11 is 0. The van der Waals surface area contributed by atoms with Gasteiger partial charge in [0.2, 0.25) is 0 Å². The number of alkyl halides is 2. The number of carbonyl (C=O) groups excluding carboxylic acids is 1. The van der Waals surface area contributed by atoms with Gasteiger partial charge in [0.1, 0.15) is 11.5 Å². The molecule has 1 heterocycles. The van der Waals surface area contributed by atoms with Crippen molar-refractivity contribution in [2.24, 2.45) is 22.6 Å². The fraction of sp³-hybridized carbons (Fsp3) is 0.520. The van der Waals surface area contributed by atoms with Gasteiger partial charge >= 0.3 is 0 Å². The van der Waals surface area contributed by atoms with Crippen molar-refractivity contribution in [2.75, 3.05) is 6.54 Å². The first-order valence-electron chi connectivity index (χ1n) is 11.4. The van der Waals surface area contributed by atoms with Gasteiger partial charge in [0.15, 0.2) is 6.17 Å². The summed E-state index contributed by atoms with van der Waals surface area (Å²) < 4.78 is 33.9. The molecule has 3 unspecified atom stereocenters. The number of nitrogens with zero attached hydrogens (tertiary/aromatic N) is 1. The molecular formula is C25H36F2N4O2. The van der Waals surface area contributed by atoms with Crippen LogP contribution in [0.1, 0.15) is 46.6 Å². The van der Waals surface area contributed by atoms with Crippen molar-refractivity contribution in [1.82, 2.24) is 10.6 Å². The van der Waals surface area contributed by atoms with Crippen molar-refractivity contribution < 1.29 is 18.3 Å². The predicted octanol–water partition coefficient (Wildman–Crippen LogP) is 4.18. The SMILES string of the molecule is CC(C)CCNC(=O)C1=NC=CC(N)/C1=C\NCc1ccc(OC(F)(C(C)C)C(C)F)cc1. The molecule has 0 fully saturated rings. The van der Waals surface area contributed by atoms with E-state index in [0.717, 1.165) is 18.9 Å². The van der Waals surface area contributed by atoms with E-state index in [0.29, 0.717) is 30.3 Å². The summed E-state index contributed by atoms with van der Waals surface area (Å²) in [6.07, 6.45) is 4.06. The fourth-order valence-electron chi connectivity index (χ4n) is 3.25. The number of ether oxygens (including phenoxy) is 1. The average Bonchev–Trinajstić information content (AvgIpc) is 2.75. The molecular weight excluding hydrogens is 426 g/mol. The molecule has 0 aromatic heterocycles. The third-order valence-electron chi connectivity index (χ3n) is 5.44. The molecule has 6 nitrogen and oxygen atoms in total. The van der Waals surface area contributed by atoms with Crippen molar-refractivity contribution in [3.05, 3.63) is 53.9 Å². The van der Waals surface area contributed by atoms with E-state index in [-0.39, 0.29) is 11.7 Å². The molecule has 8 heteroatoms. The van der Waals surface area contributed by atoms with Crippen LogP contribution in [0.3, 0.4) is 0 Å². The number of amides is 1. The first-order chi connectivity index (χ1) is 15.5. The molecule has 1 amide bonds. The standard InChI is InChI=1S/C25H36F2N4O2/c1-16(2)10-12-31-24(32)23-21(22(28)11-13-30-23)15-29-14-19-6-8-20(9-7-19)33-25(27,17(3)4)18(5)26/h6-9,11,13,15-18,22,29H,10,12,14,28H2,1-5H3,(H,31,32)/b21-15+. The molecule has 1 aliphatic rings. The van der Waals surface area contributed by atoms with Gasteiger partial charge in [-0.25, -0.2) is 4.39 Å². The molecule has 1 aromatic rings. The largest absolute Gasteiger partial charge is 0.455 e. The van der Waals surface area contributed by atoms with Crippen LogP contribution in [0.15, 0.2) is 53.3 Å². The highest BCUT2D eigenvalue weighted by Gasteiger charge is 2.42. The van der Waals surface area contributed by atoms with Gasteiger partial charge in [-0.3, -0.25) is 9.79 Å². The third kappa shape index (κ3) is 7.39. The number of hydrogen-bond acceptors (Lipinski definition) is 5. The number of aliphatic imine (C=N–C) groups is 1. The van der Waals surface area contributed by atoms with Gasteiger partial charge in [0, 0.05) is 37.0 Å². The van der Waals surface area contributed by atoms with Crippen molar-refractivity contribution in [2.45, 2.75) is 65.7 Å². The normalized spacial score (nSPS) is 19.9. The Morgan fingerprint density at radius 3 is 2.48 bits per heavy atom. The molecule has 1 aromatic carbocycles. The van der Waals surface area contributed by atoms with E-state index in [2.05, 4.69) is 29.5 Å². The number of hydrogen-bond donors (Lipinski definition) is 3. The quantitative estimate of drug-likeness (QED) is 0.460. The van der Waals surface area contributed by atoms with Crippen LogP contribution >= 0.6 is 0 Å². The Hall–Kier alpha value is -2.74. The summed E-state index contributed by atoms with van der Waals surface area (Å²) in [6, 6.07) is 6.28. The second-order valence-corrected chi connectivity index (χ2v) is 8.98. The molecule has 1 aliphatic heterocycles. The average molecular weight is 463 g/mol. The van der Waals surface area contributed by atoms with Crippen LogP contribution in [0.5, 0.6) is 5.75 Å². The Kier molecular flexibility index (Phi) is 9.58. The minimum atomic E-state index is -2.39. The Morgan fingerprint density at radius 2 is 1.91 bits per heavy atom. The van der Waals surface area contributed by atoms with E-state index < -0.39 is 24.0 Å². The number of halogens is 2. The van der Waals surface area contributed by atoms with Crippen LogP contribution in [-0.4, -0.2) is 36.2 Å². The summed E-state index contributed by atoms with van der Waals surface area (Å²) in [4.78, 5) is 16.8. The number of nitrogens with two attached hydrogens (primary N) is 1. The van der Waals surface area contributed by atoms with Crippen molar-refractivity contribution >= 4 is 11.6 Å². The van der Waals surface area contributed by atoms with E-state index in [1.807, 2.05) is 0 Å². The molecule has 182 valence electrons. The zero-order chi connectivity index (χ0) is 24.6. The van der Waals surface area contributed by atoms with E-state index in [1.165, 1.54) is 0 Å². The molecule has 0 radical (unpaired) electrons. The van der Waals surface area contributed by atoms with Gasteiger partial charge < -0.3 is 21.1 Å². The van der Waals surface area contributed by atoms with Crippen LogP contribution in [0, 0.1) is 11.8 Å². The number of rotatable bonds is 11. The topological polar surface area (TPSA) is 88.7 Å². The molecule has 3 atom stereocenters. The van der Waals surface area contributed by atoms with Crippen LogP contribution in [0.4, 0.5) is 8.78 Å². The lowest BCUT2D eigenvalue weighted by Crippen LogP contribution is -2.44. The molecule has 4 N–H and O–H groups in total. The Labute approximate surface area is 195 Å². The minimum absolute atomic E-state index is 0.254. The maximum Gasteiger partial charge on any atom is 0.280 e. The first-order valence-corrected chi connectivity index (χ1v) is 11.4. The van der Waals surface area contributed by atoms with Gasteiger partial charge in [0.25, 0.3) is 11.8 Å². The highest BCUT2D eigenvalue weighted by molar-refractivity contribution is 6.46. The van der Waals surface area contributed by atoms with Gasteiger partial charge in [-0.05, 0) is 43.0 Å². The van der Waals surface area contributed by atoms with Gasteiger partial charge in [-0.15, -0.1) is 0 Å². The summed E-state index contributed by atoms with van der Waals surface area (Å²) in [7, 11) is 0. The Morgan fingerprint density at radius 1 is 1.24 bits per heavy atom. The molecule has 33 heavy (non-hydrogen) atoms. The third-order valence-corrected chi connectivity index (χ3v) is 5.44. The second kappa shape index (κ2) is 11.9. The summed E-state index contributed by atoms with van der Waals surface area (Å²) in [6.45, 7) is 9.51. The predicted molar refractivity (Wildman–Crippen MR) is 128 cm³/mol. The lowest BCUT2D eigenvalue weighted by atomic mass is 10.0. The minimum Gasteiger partial charge on any atom is -0.455 e. The van der Waals surface area contributed by atoms with Crippen molar-refractivity contribution in [3.8, 4) is 5.75 Å². The fourth-order valence-corrected chi connectivity index (χ4v) is 3.25. The summed E-state index contributed by atoms with van der Waals surface area (Å²) in [5.41, 5.74) is 7.93. The number of nitrogens with one attached hydrogen (secondary N) is 2. The smallest absolute Gasteiger partial charge is 0.280 e. The second-order valence-electron chi connectivity index (χ2n) is 8.98. The van der Waals surface area contributed by atoms with Crippen LogP contribution < -0.4 is 21.1 Å². The van der Waals surface area contributed by atoms with Gasteiger partial charge in [-0.1, -0.05) is 39.8 Å². The molecule has 0 saturated heterocycles. The highest BCUT2D eigenvalue weighted by Crippen LogP contribution is 2.32. The maximum atomic E-state index is 14.8. The number of benzene rings is 1. The van der Waals surface area contributed by atoms with Crippen LogP contribution in [-0.2, 0) is 11.3 Å². The lowest BCUT2D eigenvalue weighted by Gasteiger charge is -2.31. The maximum absolute atomic E-state index is 14.8. The molecule has 2 rings (SSSR count). The van der Waals surface area contributed by atoms with Crippen molar-refractivity contribution in [3.63, 3.8) is 0 Å². The van der Waals surface area contributed by atoms with E-state index in [9.17, 15) is 13.6 Å². The van der Waals surface area contributed by atoms with Gasteiger partial charge in [-0.2, -0.15) is 4.39 Å². The van der Waals surface area contributed by atoms with Gasteiger partial charge in [0.05, 0.1) is 6.04 Å². The Balaban J connectivity index is 2.00. The van der Waals surface area contributed by atoms with Crippen LogP contribution in [0.25, 0.3) is 0 Å². The van der Waals surface area contributed by atoms with Crippen molar-refractivity contribution in [1.29, 1.82) is 0 Å².